The lowest BCUT2D eigenvalue weighted by molar-refractivity contribution is -0.117. The molecule has 1 fully saturated rings. The first-order chi connectivity index (χ1) is 10.1. The van der Waals surface area contributed by atoms with E-state index in [1.165, 1.54) is 19.3 Å². The summed E-state index contributed by atoms with van der Waals surface area (Å²) in [5.74, 6) is -0.167. The summed E-state index contributed by atoms with van der Waals surface area (Å²) in [5.41, 5.74) is 6.48. The van der Waals surface area contributed by atoms with E-state index in [2.05, 4.69) is 5.32 Å². The minimum Gasteiger partial charge on any atom is -0.399 e. The van der Waals surface area contributed by atoms with E-state index in [1.807, 2.05) is 0 Å². The molecule has 21 heavy (non-hydrogen) atoms. The second-order valence-electron chi connectivity index (χ2n) is 5.29. The Morgan fingerprint density at radius 3 is 2.48 bits per heavy atom. The maximum atomic E-state index is 11.9. The second kappa shape index (κ2) is 7.87. The first-order valence-electron chi connectivity index (χ1n) is 7.22. The van der Waals surface area contributed by atoms with Crippen molar-refractivity contribution in [3.05, 3.63) is 22.2 Å². The molecule has 6 heteroatoms. The van der Waals surface area contributed by atoms with Gasteiger partial charge in [-0.2, -0.15) is 0 Å². The van der Waals surface area contributed by atoms with Gasteiger partial charge in [0.05, 0.1) is 34.9 Å². The molecule has 0 spiro atoms. The zero-order valence-corrected chi connectivity index (χ0v) is 13.3. The molecule has 2 rings (SSSR count). The van der Waals surface area contributed by atoms with Gasteiger partial charge in [-0.25, -0.2) is 0 Å². The van der Waals surface area contributed by atoms with E-state index in [0.29, 0.717) is 34.1 Å². The van der Waals surface area contributed by atoms with Crippen molar-refractivity contribution in [3.8, 4) is 0 Å². The average Bonchev–Trinajstić information content (AvgIpc) is 2.44. The number of amides is 1. The van der Waals surface area contributed by atoms with Crippen molar-refractivity contribution < 1.29 is 9.53 Å². The van der Waals surface area contributed by atoms with Crippen LogP contribution < -0.4 is 11.1 Å². The minimum absolute atomic E-state index is 0.167. The molecule has 1 amide bonds. The number of ether oxygens (including phenoxy) is 1. The van der Waals surface area contributed by atoms with Gasteiger partial charge in [0.2, 0.25) is 5.91 Å². The molecule has 0 atom stereocenters. The number of nitrogens with two attached hydrogens (primary N) is 1. The molecule has 0 bridgehead atoms. The molecule has 0 aromatic heterocycles. The molecule has 116 valence electrons. The van der Waals surface area contributed by atoms with Gasteiger partial charge in [-0.3, -0.25) is 4.79 Å². The fraction of sp³-hybridized carbons (Fsp3) is 0.533. The van der Waals surface area contributed by atoms with E-state index >= 15 is 0 Å². The number of anilines is 2. The Bertz CT molecular complexity index is 479. The summed E-state index contributed by atoms with van der Waals surface area (Å²) in [7, 11) is 0. The molecule has 1 aliphatic rings. The van der Waals surface area contributed by atoms with Crippen molar-refractivity contribution in [2.45, 2.75) is 44.6 Å². The van der Waals surface area contributed by atoms with Gasteiger partial charge in [0, 0.05) is 5.69 Å². The largest absolute Gasteiger partial charge is 0.399 e. The minimum atomic E-state index is -0.167. The van der Waals surface area contributed by atoms with Gasteiger partial charge in [-0.15, -0.1) is 0 Å². The zero-order valence-electron chi connectivity index (χ0n) is 11.8. The average molecular weight is 331 g/mol. The summed E-state index contributed by atoms with van der Waals surface area (Å²) in [6, 6.07) is 3.11. The Morgan fingerprint density at radius 1 is 1.24 bits per heavy atom. The van der Waals surface area contributed by atoms with E-state index < -0.39 is 0 Å². The Labute approximate surface area is 134 Å². The summed E-state index contributed by atoms with van der Waals surface area (Å²) in [6.07, 6.45) is 6.49. The van der Waals surface area contributed by atoms with Crippen molar-refractivity contribution in [1.29, 1.82) is 0 Å². The van der Waals surface area contributed by atoms with Gasteiger partial charge in [-0.1, -0.05) is 42.5 Å². The van der Waals surface area contributed by atoms with Crippen LogP contribution in [0.3, 0.4) is 0 Å². The highest BCUT2D eigenvalue weighted by Gasteiger charge is 2.15. The molecule has 0 aliphatic heterocycles. The van der Waals surface area contributed by atoms with Gasteiger partial charge < -0.3 is 15.8 Å². The summed E-state index contributed by atoms with van der Waals surface area (Å²) in [6.45, 7) is 0.417. The summed E-state index contributed by atoms with van der Waals surface area (Å²) in [5, 5.41) is 3.37. The molecule has 0 saturated heterocycles. The standard InChI is InChI=1S/C15H20Cl2N2O2/c16-12-8-10(18)9-13(17)15(12)19-14(20)6-7-21-11-4-2-1-3-5-11/h8-9,11H,1-7,18H2,(H,19,20). The van der Waals surface area contributed by atoms with Gasteiger partial charge in [0.15, 0.2) is 0 Å². The first kappa shape index (κ1) is 16.4. The first-order valence-corrected chi connectivity index (χ1v) is 7.98. The van der Waals surface area contributed by atoms with Gasteiger partial charge in [0.25, 0.3) is 0 Å². The highest BCUT2D eigenvalue weighted by atomic mass is 35.5. The van der Waals surface area contributed by atoms with E-state index in [1.54, 1.807) is 12.1 Å². The number of hydrogen-bond acceptors (Lipinski definition) is 3. The van der Waals surface area contributed by atoms with Crippen LogP contribution in [-0.4, -0.2) is 18.6 Å². The van der Waals surface area contributed by atoms with Crippen molar-refractivity contribution in [2.24, 2.45) is 0 Å². The maximum absolute atomic E-state index is 11.9. The Kier molecular flexibility index (Phi) is 6.15. The quantitative estimate of drug-likeness (QED) is 0.793. The Balaban J connectivity index is 1.79. The third kappa shape index (κ3) is 5.06. The van der Waals surface area contributed by atoms with Crippen LogP contribution in [0.5, 0.6) is 0 Å². The monoisotopic (exact) mass is 330 g/mol. The van der Waals surface area contributed by atoms with E-state index in [-0.39, 0.29) is 12.3 Å². The molecule has 1 aromatic rings. The molecule has 0 unspecified atom stereocenters. The molecule has 0 heterocycles. The van der Waals surface area contributed by atoms with E-state index in [0.717, 1.165) is 12.8 Å². The van der Waals surface area contributed by atoms with Crippen molar-refractivity contribution >= 4 is 40.5 Å². The van der Waals surface area contributed by atoms with Gasteiger partial charge in [0.1, 0.15) is 0 Å². The lowest BCUT2D eigenvalue weighted by atomic mass is 9.98. The fourth-order valence-corrected chi connectivity index (χ4v) is 3.06. The van der Waals surface area contributed by atoms with Crippen LogP contribution >= 0.6 is 23.2 Å². The number of nitrogens with one attached hydrogen (secondary N) is 1. The van der Waals surface area contributed by atoms with Gasteiger partial charge in [-0.05, 0) is 25.0 Å². The molecule has 4 nitrogen and oxygen atoms in total. The van der Waals surface area contributed by atoms with Crippen LogP contribution in [0.15, 0.2) is 12.1 Å². The normalized spacial score (nSPS) is 15.9. The lowest BCUT2D eigenvalue weighted by Gasteiger charge is -2.21. The SMILES string of the molecule is Nc1cc(Cl)c(NC(=O)CCOC2CCCCC2)c(Cl)c1. The number of carbonyl (C=O) groups is 1. The molecule has 1 saturated carbocycles. The predicted molar refractivity (Wildman–Crippen MR) is 86.9 cm³/mol. The Hall–Kier alpha value is -0.970. The zero-order chi connectivity index (χ0) is 15.2. The molecule has 3 N–H and O–H groups in total. The second-order valence-corrected chi connectivity index (χ2v) is 6.10. The molecular weight excluding hydrogens is 311 g/mol. The third-order valence-electron chi connectivity index (χ3n) is 3.56. The topological polar surface area (TPSA) is 64.3 Å². The van der Waals surface area contributed by atoms with Crippen LogP contribution in [0.25, 0.3) is 0 Å². The lowest BCUT2D eigenvalue weighted by Crippen LogP contribution is -2.20. The molecule has 1 aromatic carbocycles. The van der Waals surface area contributed by atoms with Crippen LogP contribution in [0.4, 0.5) is 11.4 Å². The Morgan fingerprint density at radius 2 is 1.86 bits per heavy atom. The number of benzene rings is 1. The highest BCUT2D eigenvalue weighted by molar-refractivity contribution is 6.40. The number of carbonyl (C=O) groups excluding carboxylic acids is 1. The van der Waals surface area contributed by atoms with Crippen molar-refractivity contribution in [3.63, 3.8) is 0 Å². The number of rotatable bonds is 5. The molecule has 1 aliphatic carbocycles. The van der Waals surface area contributed by atoms with Gasteiger partial charge >= 0.3 is 0 Å². The molecule has 0 radical (unpaired) electrons. The number of halogens is 2. The van der Waals surface area contributed by atoms with Crippen molar-refractivity contribution in [2.75, 3.05) is 17.7 Å². The maximum Gasteiger partial charge on any atom is 0.226 e. The van der Waals surface area contributed by atoms with E-state index in [4.69, 9.17) is 33.7 Å². The summed E-state index contributed by atoms with van der Waals surface area (Å²) < 4.78 is 5.72. The highest BCUT2D eigenvalue weighted by Crippen LogP contribution is 2.32. The van der Waals surface area contributed by atoms with E-state index in [9.17, 15) is 4.79 Å². The fourth-order valence-electron chi connectivity index (χ4n) is 2.46. The van der Waals surface area contributed by atoms with Crippen LogP contribution in [0, 0.1) is 0 Å². The molecular formula is C15H20Cl2N2O2. The number of hydrogen-bond donors (Lipinski definition) is 2. The number of nitrogen functional groups attached to an aromatic ring is 1. The predicted octanol–water partition coefficient (Wildman–Crippen LogP) is 4.25. The summed E-state index contributed by atoms with van der Waals surface area (Å²) in [4.78, 5) is 11.9. The van der Waals surface area contributed by atoms with Crippen molar-refractivity contribution in [1.82, 2.24) is 0 Å². The smallest absolute Gasteiger partial charge is 0.226 e. The van der Waals surface area contributed by atoms with Crippen LogP contribution in [0.1, 0.15) is 38.5 Å². The third-order valence-corrected chi connectivity index (χ3v) is 4.16. The van der Waals surface area contributed by atoms with Crippen LogP contribution in [-0.2, 0) is 9.53 Å². The van der Waals surface area contributed by atoms with Crippen LogP contribution in [0.2, 0.25) is 10.0 Å². The summed E-state index contributed by atoms with van der Waals surface area (Å²) >= 11 is 12.0.